The molecule has 0 aliphatic rings. The van der Waals surface area contributed by atoms with E-state index in [1.807, 2.05) is 19.1 Å². The van der Waals surface area contributed by atoms with Crippen molar-refractivity contribution < 1.29 is 19.5 Å². The highest BCUT2D eigenvalue weighted by Crippen LogP contribution is 2.17. The van der Waals surface area contributed by atoms with Crippen molar-refractivity contribution in [2.75, 3.05) is 5.32 Å². The maximum absolute atomic E-state index is 12.4. The van der Waals surface area contributed by atoms with Gasteiger partial charge in [0, 0.05) is 5.69 Å². The highest BCUT2D eigenvalue weighted by Gasteiger charge is 2.28. The number of amides is 3. The van der Waals surface area contributed by atoms with E-state index in [-0.39, 0.29) is 0 Å². The van der Waals surface area contributed by atoms with Crippen LogP contribution in [0, 0.1) is 6.92 Å². The largest absolute Gasteiger partial charge is 0.479 e. The summed E-state index contributed by atoms with van der Waals surface area (Å²) in [5.41, 5.74) is 1.92. The lowest BCUT2D eigenvalue weighted by Gasteiger charge is -2.25. The number of hydrogen-bond acceptors (Lipinski definition) is 4. The fourth-order valence-corrected chi connectivity index (χ4v) is 2.52. The number of carbonyl (C=O) groups excluding carboxylic acids is 2. The highest BCUT2D eigenvalue weighted by molar-refractivity contribution is 7.78. The molecule has 3 N–H and O–H groups in total. The van der Waals surface area contributed by atoms with E-state index in [4.69, 9.17) is 0 Å². The van der Waals surface area contributed by atoms with Gasteiger partial charge in [-0.3, -0.25) is 9.10 Å². The number of carboxylic acids is 1. The molecule has 0 aromatic heterocycles. The Kier molecular flexibility index (Phi) is 6.84. The average molecular weight is 387 g/mol. The van der Waals surface area contributed by atoms with Gasteiger partial charge in [0.25, 0.3) is 0 Å². The molecule has 0 saturated heterocycles. The van der Waals surface area contributed by atoms with Crippen LogP contribution in [0.2, 0.25) is 0 Å². The molecule has 0 spiro atoms. The number of thiol groups is 1. The molecule has 2 unspecified atom stereocenters. The predicted molar refractivity (Wildman–Crippen MR) is 105 cm³/mol. The van der Waals surface area contributed by atoms with Gasteiger partial charge in [-0.1, -0.05) is 61.3 Å². The zero-order valence-electron chi connectivity index (χ0n) is 14.9. The molecule has 8 heteroatoms. The van der Waals surface area contributed by atoms with Gasteiger partial charge >= 0.3 is 12.0 Å². The van der Waals surface area contributed by atoms with Gasteiger partial charge in [-0.15, -0.1) is 0 Å². The maximum atomic E-state index is 12.4. The van der Waals surface area contributed by atoms with Gasteiger partial charge in [0.1, 0.15) is 6.04 Å². The summed E-state index contributed by atoms with van der Waals surface area (Å²) in [6.07, 6.45) is 0. The van der Waals surface area contributed by atoms with Crippen molar-refractivity contribution >= 4 is 36.4 Å². The van der Waals surface area contributed by atoms with Crippen LogP contribution < -0.4 is 10.6 Å². The Hall–Kier alpha value is -3.00. The number of nitrogens with zero attached hydrogens (tertiary/aromatic N) is 1. The molecule has 27 heavy (non-hydrogen) atoms. The van der Waals surface area contributed by atoms with Crippen LogP contribution >= 0.6 is 12.8 Å². The molecule has 0 radical (unpaired) electrons. The van der Waals surface area contributed by atoms with Crippen LogP contribution in [0.3, 0.4) is 0 Å². The fourth-order valence-electron chi connectivity index (χ4n) is 2.36. The number of para-hydroxylation sites is 1. The number of aliphatic carboxylic acids is 1. The second kappa shape index (κ2) is 9.09. The van der Waals surface area contributed by atoms with Crippen molar-refractivity contribution in [3.63, 3.8) is 0 Å². The quantitative estimate of drug-likeness (QED) is 0.573. The van der Waals surface area contributed by atoms with Crippen molar-refractivity contribution in [3.8, 4) is 0 Å². The smallest absolute Gasteiger partial charge is 0.330 e. The first-order valence-corrected chi connectivity index (χ1v) is 8.64. The third kappa shape index (κ3) is 5.24. The number of carbonyl (C=O) groups is 3. The fraction of sp³-hybridized carbons (Fsp3) is 0.211. The Bertz CT molecular complexity index is 829. The molecule has 0 aliphatic heterocycles. The van der Waals surface area contributed by atoms with E-state index >= 15 is 0 Å². The Morgan fingerprint density at radius 3 is 2.22 bits per heavy atom. The molecule has 0 bridgehead atoms. The third-order valence-electron chi connectivity index (χ3n) is 4.00. The van der Waals surface area contributed by atoms with Gasteiger partial charge in [0.15, 0.2) is 6.04 Å². The molecule has 7 nitrogen and oxygen atoms in total. The van der Waals surface area contributed by atoms with Crippen LogP contribution in [0.5, 0.6) is 0 Å². The van der Waals surface area contributed by atoms with Gasteiger partial charge in [-0.05, 0) is 31.0 Å². The van der Waals surface area contributed by atoms with E-state index in [0.717, 1.165) is 9.87 Å². The molecular formula is C19H21N3O4S. The average Bonchev–Trinajstić information content (AvgIpc) is 2.66. The summed E-state index contributed by atoms with van der Waals surface area (Å²) in [5, 5.41) is 14.5. The first kappa shape index (κ1) is 20.3. The van der Waals surface area contributed by atoms with Crippen molar-refractivity contribution in [1.29, 1.82) is 0 Å². The molecule has 0 heterocycles. The van der Waals surface area contributed by atoms with E-state index in [1.165, 1.54) is 6.92 Å². The normalized spacial score (nSPS) is 12.6. The predicted octanol–water partition coefficient (Wildman–Crippen LogP) is 3.00. The van der Waals surface area contributed by atoms with Gasteiger partial charge in [-0.2, -0.15) is 0 Å². The summed E-state index contributed by atoms with van der Waals surface area (Å²) < 4.78 is 0.868. The van der Waals surface area contributed by atoms with Crippen LogP contribution in [-0.4, -0.2) is 33.4 Å². The summed E-state index contributed by atoms with van der Waals surface area (Å²) in [6.45, 7) is 3.35. The van der Waals surface area contributed by atoms with E-state index in [2.05, 4.69) is 23.4 Å². The molecule has 0 aliphatic carbocycles. The molecule has 2 atom stereocenters. The molecule has 0 fully saturated rings. The van der Waals surface area contributed by atoms with Gasteiger partial charge < -0.3 is 15.7 Å². The Morgan fingerprint density at radius 1 is 1.04 bits per heavy atom. The number of nitrogens with one attached hydrogen (secondary N) is 2. The lowest BCUT2D eigenvalue weighted by Crippen LogP contribution is -2.47. The molecule has 142 valence electrons. The van der Waals surface area contributed by atoms with E-state index in [0.29, 0.717) is 11.3 Å². The monoisotopic (exact) mass is 387 g/mol. The molecule has 2 rings (SSSR count). The minimum atomic E-state index is -1.25. The number of anilines is 1. The maximum Gasteiger partial charge on any atom is 0.330 e. The van der Waals surface area contributed by atoms with Gasteiger partial charge in [0.2, 0.25) is 5.91 Å². The second-order valence-electron chi connectivity index (χ2n) is 5.96. The minimum Gasteiger partial charge on any atom is -0.479 e. The van der Waals surface area contributed by atoms with E-state index in [1.54, 1.807) is 42.5 Å². The summed E-state index contributed by atoms with van der Waals surface area (Å²) >= 11 is 4.07. The topological polar surface area (TPSA) is 98.7 Å². The van der Waals surface area contributed by atoms with Crippen LogP contribution in [0.15, 0.2) is 54.6 Å². The third-order valence-corrected chi connectivity index (χ3v) is 4.53. The first-order valence-electron chi connectivity index (χ1n) is 8.24. The summed E-state index contributed by atoms with van der Waals surface area (Å²) in [7, 11) is 0. The summed E-state index contributed by atoms with van der Waals surface area (Å²) in [5.74, 6) is -1.66. The Balaban J connectivity index is 2.05. The zero-order chi connectivity index (χ0) is 20.0. The van der Waals surface area contributed by atoms with Crippen molar-refractivity contribution in [3.05, 3.63) is 65.7 Å². The van der Waals surface area contributed by atoms with Gasteiger partial charge in [0.05, 0.1) is 0 Å². The van der Waals surface area contributed by atoms with Crippen molar-refractivity contribution in [1.82, 2.24) is 9.62 Å². The highest BCUT2D eigenvalue weighted by atomic mass is 32.1. The van der Waals surface area contributed by atoms with Crippen LogP contribution in [-0.2, 0) is 9.59 Å². The molecular weight excluding hydrogens is 366 g/mol. The van der Waals surface area contributed by atoms with Crippen LogP contribution in [0.1, 0.15) is 24.1 Å². The number of urea groups is 1. The van der Waals surface area contributed by atoms with Crippen LogP contribution in [0.25, 0.3) is 0 Å². The number of rotatable bonds is 6. The van der Waals surface area contributed by atoms with Gasteiger partial charge in [-0.25, -0.2) is 9.59 Å². The van der Waals surface area contributed by atoms with Crippen molar-refractivity contribution in [2.45, 2.75) is 25.9 Å². The van der Waals surface area contributed by atoms with Crippen molar-refractivity contribution in [2.24, 2.45) is 0 Å². The van der Waals surface area contributed by atoms with E-state index in [9.17, 15) is 19.5 Å². The lowest BCUT2D eigenvalue weighted by molar-refractivity contribution is -0.139. The summed E-state index contributed by atoms with van der Waals surface area (Å²) in [6, 6.07) is 12.5. The number of aryl methyl sites for hydroxylation is 1. The van der Waals surface area contributed by atoms with Crippen LogP contribution in [0.4, 0.5) is 10.5 Å². The Morgan fingerprint density at radius 2 is 1.63 bits per heavy atom. The standard InChI is InChI=1S/C19H21N3O4S/c1-12-8-6-7-11-15(12)20-17(23)13(2)22(27)19(26)21-16(18(24)25)14-9-4-3-5-10-14/h3-11,13,16,27H,1-2H3,(H,20,23)(H,21,26)(H,24,25). The number of benzene rings is 2. The number of carboxylic acid groups (broad SMARTS) is 1. The molecule has 2 aromatic carbocycles. The minimum absolute atomic E-state index is 0.414. The SMILES string of the molecule is Cc1ccccc1NC(=O)C(C)N(S)C(=O)NC(C(=O)O)c1ccccc1. The van der Waals surface area contributed by atoms with E-state index < -0.39 is 30.0 Å². The Labute approximate surface area is 162 Å². The zero-order valence-corrected chi connectivity index (χ0v) is 15.8. The molecule has 0 saturated carbocycles. The second-order valence-corrected chi connectivity index (χ2v) is 6.39. The molecule has 3 amide bonds. The first-order chi connectivity index (χ1) is 12.8. The lowest BCUT2D eigenvalue weighted by atomic mass is 10.1. The molecule has 2 aromatic rings. The number of hydrogen-bond donors (Lipinski definition) is 4. The summed E-state index contributed by atoms with van der Waals surface area (Å²) in [4.78, 5) is 36.3.